The molecule has 9 rings (SSSR count). The van der Waals surface area contributed by atoms with Gasteiger partial charge in [-0.25, -0.2) is 8.78 Å². The van der Waals surface area contributed by atoms with Gasteiger partial charge in [0.25, 0.3) is 0 Å². The van der Waals surface area contributed by atoms with E-state index in [0.717, 1.165) is 54.9 Å². The Morgan fingerprint density at radius 2 is 0.894 bits per heavy atom. The van der Waals surface area contributed by atoms with E-state index in [1.165, 1.54) is 23.3 Å². The van der Waals surface area contributed by atoms with Gasteiger partial charge >= 0.3 is 0 Å². The summed E-state index contributed by atoms with van der Waals surface area (Å²) < 4.78 is 30.6. The second-order valence-electron chi connectivity index (χ2n) is 12.3. The molecule has 0 aromatic heterocycles. The second-order valence-corrected chi connectivity index (χ2v) is 12.3. The van der Waals surface area contributed by atoms with Crippen LogP contribution in [0.15, 0.2) is 170 Å². The zero-order valence-electron chi connectivity index (χ0n) is 25.4. The zero-order chi connectivity index (χ0) is 31.5. The topological polar surface area (TPSA) is 0 Å². The molecule has 1 aliphatic carbocycles. The summed E-state index contributed by atoms with van der Waals surface area (Å²) in [5, 5.41) is 4.25. The average Bonchev–Trinajstić information content (AvgIpc) is 3.43. The molecule has 0 spiro atoms. The van der Waals surface area contributed by atoms with E-state index in [2.05, 4.69) is 121 Å². The monoisotopic (exact) mass is 606 g/mol. The fourth-order valence-corrected chi connectivity index (χ4v) is 7.90. The van der Waals surface area contributed by atoms with Crippen molar-refractivity contribution in [2.24, 2.45) is 0 Å². The molecule has 0 radical (unpaired) electrons. The first-order valence-electron chi connectivity index (χ1n) is 15.9. The van der Waals surface area contributed by atoms with E-state index in [1.807, 2.05) is 36.4 Å². The van der Waals surface area contributed by atoms with Gasteiger partial charge in [-0.2, -0.15) is 0 Å². The van der Waals surface area contributed by atoms with E-state index in [-0.39, 0.29) is 0 Å². The number of rotatable bonds is 4. The molecule has 0 heterocycles. The highest BCUT2D eigenvalue weighted by atomic mass is 19.2. The van der Waals surface area contributed by atoms with Gasteiger partial charge in [-0.1, -0.05) is 146 Å². The predicted octanol–water partition coefficient (Wildman–Crippen LogP) is 12.0. The Morgan fingerprint density at radius 3 is 1.62 bits per heavy atom. The van der Waals surface area contributed by atoms with Crippen LogP contribution >= 0.6 is 0 Å². The van der Waals surface area contributed by atoms with Crippen LogP contribution in [0.5, 0.6) is 0 Å². The Hall–Kier alpha value is -5.86. The molecule has 1 aliphatic rings. The van der Waals surface area contributed by atoms with Crippen molar-refractivity contribution < 1.29 is 8.78 Å². The molecule has 0 nitrogen and oxygen atoms in total. The molecule has 0 atom stereocenters. The molecule has 0 saturated carbocycles. The molecular weight excluding hydrogens is 578 g/mol. The third kappa shape index (κ3) is 4.05. The van der Waals surface area contributed by atoms with Crippen molar-refractivity contribution in [2.45, 2.75) is 5.41 Å². The van der Waals surface area contributed by atoms with Crippen molar-refractivity contribution in [3.63, 3.8) is 0 Å². The van der Waals surface area contributed by atoms with Gasteiger partial charge in [0.1, 0.15) is 0 Å². The van der Waals surface area contributed by atoms with Gasteiger partial charge in [0, 0.05) is 0 Å². The number of hydrogen-bond donors (Lipinski definition) is 0. The number of fused-ring (bicyclic) bond motifs is 6. The first-order chi connectivity index (χ1) is 23.1. The highest BCUT2D eigenvalue weighted by Gasteiger charge is 2.46. The largest absolute Gasteiger partial charge is 0.204 e. The minimum Gasteiger partial charge on any atom is -0.204 e. The van der Waals surface area contributed by atoms with Crippen LogP contribution in [0.4, 0.5) is 8.78 Å². The van der Waals surface area contributed by atoms with Crippen LogP contribution in [0.3, 0.4) is 0 Å². The van der Waals surface area contributed by atoms with Crippen LogP contribution in [0.25, 0.3) is 54.9 Å². The predicted molar refractivity (Wildman–Crippen MR) is 190 cm³/mol. The van der Waals surface area contributed by atoms with Crippen molar-refractivity contribution in [1.29, 1.82) is 0 Å². The Bertz CT molecular complexity index is 2440. The maximum Gasteiger partial charge on any atom is 0.159 e. The van der Waals surface area contributed by atoms with E-state index in [4.69, 9.17) is 0 Å². The second kappa shape index (κ2) is 10.6. The van der Waals surface area contributed by atoms with Gasteiger partial charge in [-0.3, -0.25) is 0 Å². The van der Waals surface area contributed by atoms with Crippen LogP contribution in [-0.2, 0) is 5.41 Å². The minimum atomic E-state index is -0.866. The van der Waals surface area contributed by atoms with E-state index < -0.39 is 17.0 Å². The summed E-state index contributed by atoms with van der Waals surface area (Å²) in [6.45, 7) is 0. The summed E-state index contributed by atoms with van der Waals surface area (Å²) in [5.41, 5.74) is 9.35. The Kier molecular flexibility index (Phi) is 6.20. The van der Waals surface area contributed by atoms with Crippen molar-refractivity contribution in [2.75, 3.05) is 0 Å². The van der Waals surface area contributed by atoms with Gasteiger partial charge in [-0.15, -0.1) is 0 Å². The van der Waals surface area contributed by atoms with Crippen molar-refractivity contribution in [1.82, 2.24) is 0 Å². The van der Waals surface area contributed by atoms with Crippen molar-refractivity contribution in [3.8, 4) is 33.4 Å². The molecule has 0 unspecified atom stereocenters. The van der Waals surface area contributed by atoms with Crippen LogP contribution < -0.4 is 0 Å². The average molecular weight is 607 g/mol. The molecule has 0 fully saturated rings. The smallest absolute Gasteiger partial charge is 0.159 e. The van der Waals surface area contributed by atoms with Crippen molar-refractivity contribution >= 4 is 21.5 Å². The maximum atomic E-state index is 15.3. The summed E-state index contributed by atoms with van der Waals surface area (Å²) in [6.07, 6.45) is 0. The molecule has 8 aromatic carbocycles. The molecule has 8 aromatic rings. The zero-order valence-corrected chi connectivity index (χ0v) is 25.4. The quantitative estimate of drug-likeness (QED) is 0.175. The summed E-state index contributed by atoms with van der Waals surface area (Å²) in [5.74, 6) is -1.73. The molecule has 222 valence electrons. The van der Waals surface area contributed by atoms with E-state index >= 15 is 8.78 Å². The molecule has 47 heavy (non-hydrogen) atoms. The minimum absolute atomic E-state index is 0.598. The highest BCUT2D eigenvalue weighted by molar-refractivity contribution is 6.14. The van der Waals surface area contributed by atoms with E-state index in [1.54, 1.807) is 0 Å². The third-order valence-electron chi connectivity index (χ3n) is 9.89. The maximum absolute atomic E-state index is 15.3. The van der Waals surface area contributed by atoms with Crippen LogP contribution in [0.2, 0.25) is 0 Å². The molecule has 2 heteroatoms. The van der Waals surface area contributed by atoms with Crippen LogP contribution in [-0.4, -0.2) is 0 Å². The number of hydrogen-bond acceptors (Lipinski definition) is 0. The van der Waals surface area contributed by atoms with Gasteiger partial charge in [0.05, 0.1) is 5.41 Å². The van der Waals surface area contributed by atoms with E-state index in [0.29, 0.717) is 11.1 Å². The number of halogens is 2. The third-order valence-corrected chi connectivity index (χ3v) is 9.89. The Morgan fingerprint density at radius 1 is 0.340 bits per heavy atom. The lowest BCUT2D eigenvalue weighted by atomic mass is 9.67. The Labute approximate surface area is 272 Å². The standard InChI is InChI=1S/C45H28F2/c46-43-27-38(40(28-44(43)47)39-25-29-13-7-8-18-33(29)34-19-9-10-20-35(34)39)30-23-24-37-36-21-11-12-22-41(36)45(42(37)26-30,31-14-3-1-4-15-31)32-16-5-2-6-17-32/h1-28H. The van der Waals surface area contributed by atoms with Crippen LogP contribution in [0.1, 0.15) is 22.3 Å². The normalized spacial score (nSPS) is 13.1. The van der Waals surface area contributed by atoms with Gasteiger partial charge in [-0.05, 0) is 101 Å². The van der Waals surface area contributed by atoms with Crippen molar-refractivity contribution in [3.05, 3.63) is 204 Å². The number of benzene rings is 8. The fraction of sp³-hybridized carbons (Fsp3) is 0.0222. The fourth-order valence-electron chi connectivity index (χ4n) is 7.90. The lowest BCUT2D eigenvalue weighted by molar-refractivity contribution is 0.509. The van der Waals surface area contributed by atoms with Crippen LogP contribution in [0, 0.1) is 11.6 Å². The molecule has 0 saturated heterocycles. The van der Waals surface area contributed by atoms with Gasteiger partial charge in [0.2, 0.25) is 0 Å². The first-order valence-corrected chi connectivity index (χ1v) is 15.9. The molecule has 0 amide bonds. The van der Waals surface area contributed by atoms with E-state index in [9.17, 15) is 0 Å². The lowest BCUT2D eigenvalue weighted by Crippen LogP contribution is -2.28. The molecule has 0 bridgehead atoms. The Balaban J connectivity index is 1.36. The SMILES string of the molecule is Fc1cc(-c2ccc3c(c2)C(c2ccccc2)(c2ccccc2)c2ccccc2-3)c(-c2cc3ccccc3c3ccccc23)cc1F. The summed E-state index contributed by atoms with van der Waals surface area (Å²) >= 11 is 0. The van der Waals surface area contributed by atoms with Gasteiger partial charge in [0.15, 0.2) is 11.6 Å². The first kappa shape index (κ1) is 27.5. The molecule has 0 N–H and O–H groups in total. The molecular formula is C45H28F2. The van der Waals surface area contributed by atoms with Gasteiger partial charge < -0.3 is 0 Å². The summed E-state index contributed by atoms with van der Waals surface area (Å²) in [4.78, 5) is 0. The highest BCUT2D eigenvalue weighted by Crippen LogP contribution is 2.57. The lowest BCUT2D eigenvalue weighted by Gasteiger charge is -2.34. The summed E-state index contributed by atoms with van der Waals surface area (Å²) in [6, 6.07) is 57.5. The summed E-state index contributed by atoms with van der Waals surface area (Å²) in [7, 11) is 0. The molecule has 0 aliphatic heterocycles.